The molecule has 23 heavy (non-hydrogen) atoms. The van der Waals surface area contributed by atoms with Crippen LogP contribution in [-0.4, -0.2) is 53.5 Å². The monoisotopic (exact) mass is 328 g/mol. The molecule has 3 rings (SSSR count). The number of nitrogens with zero attached hydrogens (tertiary/aromatic N) is 2. The van der Waals surface area contributed by atoms with Crippen LogP contribution in [-0.2, 0) is 9.59 Å². The maximum Gasteiger partial charge on any atom is 0.233 e. The minimum Gasteiger partial charge on any atom is -0.339 e. The van der Waals surface area contributed by atoms with Gasteiger partial charge in [-0.2, -0.15) is 0 Å². The molecule has 0 saturated carbocycles. The second-order valence-corrected chi connectivity index (χ2v) is 6.73. The summed E-state index contributed by atoms with van der Waals surface area (Å²) in [7, 11) is 0. The number of piperazine rings is 1. The number of carbonyl (C=O) groups is 2. The molecule has 1 aliphatic heterocycles. The smallest absolute Gasteiger partial charge is 0.233 e. The minimum absolute atomic E-state index is 0.0858. The number of fused-ring (bicyclic) bond motifs is 1. The highest BCUT2D eigenvalue weighted by Crippen LogP contribution is 2.24. The lowest BCUT2D eigenvalue weighted by Gasteiger charge is -2.34. The summed E-state index contributed by atoms with van der Waals surface area (Å²) in [5.41, 5.74) is 0. The van der Waals surface area contributed by atoms with Crippen molar-refractivity contribution in [3.05, 3.63) is 42.5 Å². The van der Waals surface area contributed by atoms with Crippen molar-refractivity contribution in [2.75, 3.05) is 31.9 Å². The van der Waals surface area contributed by atoms with Crippen LogP contribution >= 0.6 is 11.8 Å². The third-order valence-corrected chi connectivity index (χ3v) is 5.14. The van der Waals surface area contributed by atoms with Crippen LogP contribution in [0.1, 0.15) is 6.92 Å². The van der Waals surface area contributed by atoms with Gasteiger partial charge in [0, 0.05) is 38.0 Å². The molecule has 2 aromatic carbocycles. The SMILES string of the molecule is CC(=O)N1CCN(C(=O)CSc2ccc3ccccc3c2)CC1. The molecule has 0 bridgehead atoms. The zero-order valence-corrected chi connectivity index (χ0v) is 14.0. The molecule has 0 aromatic heterocycles. The fourth-order valence-corrected chi connectivity index (χ4v) is 3.61. The normalized spacial score (nSPS) is 15.0. The molecular weight excluding hydrogens is 308 g/mol. The number of rotatable bonds is 3. The van der Waals surface area contributed by atoms with Crippen LogP contribution in [0.3, 0.4) is 0 Å². The third-order valence-electron chi connectivity index (χ3n) is 4.16. The molecule has 5 heteroatoms. The van der Waals surface area contributed by atoms with Gasteiger partial charge in [-0.15, -0.1) is 11.8 Å². The molecular formula is C18H20N2O2S. The quantitative estimate of drug-likeness (QED) is 0.813. The summed E-state index contributed by atoms with van der Waals surface area (Å²) in [4.78, 5) is 28.4. The van der Waals surface area contributed by atoms with Gasteiger partial charge in [-0.05, 0) is 22.9 Å². The van der Waals surface area contributed by atoms with Gasteiger partial charge in [0.05, 0.1) is 5.75 Å². The molecule has 120 valence electrons. The van der Waals surface area contributed by atoms with E-state index in [-0.39, 0.29) is 11.8 Å². The Morgan fingerprint density at radius 1 is 0.957 bits per heavy atom. The van der Waals surface area contributed by atoms with E-state index in [0.717, 1.165) is 4.90 Å². The van der Waals surface area contributed by atoms with Crippen molar-refractivity contribution in [2.45, 2.75) is 11.8 Å². The van der Waals surface area contributed by atoms with E-state index in [1.807, 2.05) is 17.0 Å². The van der Waals surface area contributed by atoms with Gasteiger partial charge in [0.15, 0.2) is 0 Å². The Morgan fingerprint density at radius 2 is 1.61 bits per heavy atom. The molecule has 2 aromatic rings. The minimum atomic E-state index is 0.0858. The summed E-state index contributed by atoms with van der Waals surface area (Å²) in [6, 6.07) is 14.5. The Morgan fingerprint density at radius 3 is 2.30 bits per heavy atom. The molecule has 0 radical (unpaired) electrons. The standard InChI is InChI=1S/C18H20N2O2S/c1-14(21)19-8-10-20(11-9-19)18(22)13-23-17-7-6-15-4-2-3-5-16(15)12-17/h2-7,12H,8-11,13H2,1H3. The highest BCUT2D eigenvalue weighted by Gasteiger charge is 2.22. The number of thioether (sulfide) groups is 1. The van der Waals surface area contributed by atoms with Crippen molar-refractivity contribution in [3.8, 4) is 0 Å². The summed E-state index contributed by atoms with van der Waals surface area (Å²) in [6.45, 7) is 4.13. The molecule has 0 N–H and O–H groups in total. The largest absolute Gasteiger partial charge is 0.339 e. The van der Waals surface area contributed by atoms with E-state index in [1.54, 1.807) is 23.6 Å². The van der Waals surface area contributed by atoms with Crippen molar-refractivity contribution in [2.24, 2.45) is 0 Å². The van der Waals surface area contributed by atoms with Crippen LogP contribution in [0.25, 0.3) is 10.8 Å². The summed E-state index contributed by atoms with van der Waals surface area (Å²) < 4.78 is 0. The van der Waals surface area contributed by atoms with Gasteiger partial charge in [0.1, 0.15) is 0 Å². The number of hydrogen-bond acceptors (Lipinski definition) is 3. The predicted molar refractivity (Wildman–Crippen MR) is 93.5 cm³/mol. The highest BCUT2D eigenvalue weighted by molar-refractivity contribution is 8.00. The molecule has 1 saturated heterocycles. The van der Waals surface area contributed by atoms with E-state index in [4.69, 9.17) is 0 Å². The molecule has 0 aliphatic carbocycles. The van der Waals surface area contributed by atoms with E-state index in [0.29, 0.717) is 31.9 Å². The predicted octanol–water partition coefficient (Wildman–Crippen LogP) is 2.62. The second kappa shape index (κ2) is 7.04. The van der Waals surface area contributed by atoms with Crippen LogP contribution in [0, 0.1) is 0 Å². The van der Waals surface area contributed by atoms with Crippen molar-refractivity contribution in [1.82, 2.24) is 9.80 Å². The molecule has 1 fully saturated rings. The zero-order chi connectivity index (χ0) is 16.2. The number of benzene rings is 2. The zero-order valence-electron chi connectivity index (χ0n) is 13.2. The summed E-state index contributed by atoms with van der Waals surface area (Å²) >= 11 is 1.57. The lowest BCUT2D eigenvalue weighted by atomic mass is 10.1. The molecule has 4 nitrogen and oxygen atoms in total. The number of amides is 2. The Kier molecular flexibility index (Phi) is 4.86. The van der Waals surface area contributed by atoms with Gasteiger partial charge >= 0.3 is 0 Å². The Hall–Kier alpha value is -2.01. The molecule has 0 spiro atoms. The van der Waals surface area contributed by atoms with E-state index in [1.165, 1.54) is 10.8 Å². The third kappa shape index (κ3) is 3.85. The van der Waals surface area contributed by atoms with E-state index in [2.05, 4.69) is 30.3 Å². The molecule has 0 atom stereocenters. The van der Waals surface area contributed by atoms with Crippen LogP contribution in [0.4, 0.5) is 0 Å². The van der Waals surface area contributed by atoms with Crippen molar-refractivity contribution in [3.63, 3.8) is 0 Å². The molecule has 1 aliphatic rings. The van der Waals surface area contributed by atoms with Crippen molar-refractivity contribution in [1.29, 1.82) is 0 Å². The maximum absolute atomic E-state index is 12.3. The number of hydrogen-bond donors (Lipinski definition) is 0. The van der Waals surface area contributed by atoms with Crippen molar-refractivity contribution < 1.29 is 9.59 Å². The van der Waals surface area contributed by atoms with Gasteiger partial charge in [0.2, 0.25) is 11.8 Å². The lowest BCUT2D eigenvalue weighted by Crippen LogP contribution is -2.50. The van der Waals surface area contributed by atoms with Gasteiger partial charge in [-0.3, -0.25) is 9.59 Å². The first-order chi connectivity index (χ1) is 11.1. The Balaban J connectivity index is 1.55. The van der Waals surface area contributed by atoms with Gasteiger partial charge in [-0.1, -0.05) is 30.3 Å². The average Bonchev–Trinajstić information content (AvgIpc) is 2.59. The van der Waals surface area contributed by atoms with Crippen LogP contribution in [0.15, 0.2) is 47.4 Å². The maximum atomic E-state index is 12.3. The fourth-order valence-electron chi connectivity index (χ4n) is 2.76. The molecule has 0 unspecified atom stereocenters. The average molecular weight is 328 g/mol. The van der Waals surface area contributed by atoms with Crippen molar-refractivity contribution >= 4 is 34.3 Å². The van der Waals surface area contributed by atoms with Crippen LogP contribution < -0.4 is 0 Å². The summed E-state index contributed by atoms with van der Waals surface area (Å²) in [5.74, 6) is 0.673. The first-order valence-electron chi connectivity index (χ1n) is 7.78. The van der Waals surface area contributed by atoms with Gasteiger partial charge in [-0.25, -0.2) is 0 Å². The first kappa shape index (κ1) is 15.9. The molecule has 2 amide bonds. The van der Waals surface area contributed by atoms with Crippen LogP contribution in [0.5, 0.6) is 0 Å². The highest BCUT2D eigenvalue weighted by atomic mass is 32.2. The van der Waals surface area contributed by atoms with E-state index >= 15 is 0 Å². The summed E-state index contributed by atoms with van der Waals surface area (Å²) in [6.07, 6.45) is 0. The van der Waals surface area contributed by atoms with E-state index < -0.39 is 0 Å². The lowest BCUT2D eigenvalue weighted by molar-refractivity contribution is -0.136. The molecule has 1 heterocycles. The topological polar surface area (TPSA) is 40.6 Å². The summed E-state index contributed by atoms with van der Waals surface area (Å²) in [5, 5.41) is 2.41. The first-order valence-corrected chi connectivity index (χ1v) is 8.77. The fraction of sp³-hybridized carbons (Fsp3) is 0.333. The number of carbonyl (C=O) groups excluding carboxylic acids is 2. The Bertz CT molecular complexity index is 724. The van der Waals surface area contributed by atoms with E-state index in [9.17, 15) is 9.59 Å². The van der Waals surface area contributed by atoms with Gasteiger partial charge < -0.3 is 9.80 Å². The van der Waals surface area contributed by atoms with Gasteiger partial charge in [0.25, 0.3) is 0 Å². The Labute approximate surface area is 140 Å². The van der Waals surface area contributed by atoms with Crippen LogP contribution in [0.2, 0.25) is 0 Å². The second-order valence-electron chi connectivity index (χ2n) is 5.68.